The number of rotatable bonds is 11. The third kappa shape index (κ3) is 6.71. The number of halogens is 6. The van der Waals surface area contributed by atoms with Crippen LogP contribution in [0.4, 0.5) is 26.3 Å². The molecule has 4 bridgehead atoms. The highest BCUT2D eigenvalue weighted by molar-refractivity contribution is 8.76. The van der Waals surface area contributed by atoms with Crippen LogP contribution in [0.15, 0.2) is 22.7 Å². The van der Waals surface area contributed by atoms with E-state index in [1.807, 2.05) is 0 Å². The molecular formula is C36H48F6O10S2. The van der Waals surface area contributed by atoms with E-state index in [9.17, 15) is 26.3 Å². The third-order valence-electron chi connectivity index (χ3n) is 13.0. The summed E-state index contributed by atoms with van der Waals surface area (Å²) in [6.45, 7) is 7.23. The molecule has 6 saturated heterocycles. The van der Waals surface area contributed by atoms with Crippen molar-refractivity contribution in [1.29, 1.82) is 0 Å². The monoisotopic (exact) mass is 818 g/mol. The zero-order valence-electron chi connectivity index (χ0n) is 30.7. The quantitative estimate of drug-likeness (QED) is 0.0867. The summed E-state index contributed by atoms with van der Waals surface area (Å²) in [6, 6.07) is 0. The lowest BCUT2D eigenvalue weighted by molar-refractivity contribution is -0.558. The van der Waals surface area contributed by atoms with Crippen LogP contribution >= 0.6 is 21.6 Å². The average molecular weight is 819 g/mol. The maximum atomic E-state index is 14.4. The molecule has 8 heterocycles. The number of allylic oxidation sites excluding steroid dienone is 2. The summed E-state index contributed by atoms with van der Waals surface area (Å²) in [7, 11) is 2.87. The summed E-state index contributed by atoms with van der Waals surface area (Å²) in [5.74, 6) is -4.80. The fraction of sp³-hybridized carbons (Fsp3) is 0.889. The van der Waals surface area contributed by atoms with E-state index in [0.29, 0.717) is 50.0 Å². The van der Waals surface area contributed by atoms with Gasteiger partial charge in [0.05, 0.1) is 26.4 Å². The van der Waals surface area contributed by atoms with E-state index in [4.69, 9.17) is 48.0 Å². The molecule has 2 unspecified atom stereocenters. The number of alkyl halides is 6. The fourth-order valence-electron chi connectivity index (χ4n) is 10.5. The van der Waals surface area contributed by atoms with Gasteiger partial charge < -0.3 is 28.4 Å². The largest absolute Gasteiger partial charge is 0.456 e. The van der Waals surface area contributed by atoms with E-state index in [1.54, 1.807) is 13.8 Å². The minimum atomic E-state index is -4.75. The van der Waals surface area contributed by atoms with Crippen LogP contribution in [-0.4, -0.2) is 85.6 Å². The van der Waals surface area contributed by atoms with Gasteiger partial charge in [-0.15, -0.1) is 0 Å². The molecule has 8 aliphatic heterocycles. The molecule has 0 amide bonds. The van der Waals surface area contributed by atoms with E-state index in [2.05, 4.69) is 13.8 Å². The summed E-state index contributed by atoms with van der Waals surface area (Å²) in [6.07, 6.45) is -7.33. The van der Waals surface area contributed by atoms with Gasteiger partial charge in [0, 0.05) is 59.2 Å². The molecule has 0 aromatic heterocycles. The summed E-state index contributed by atoms with van der Waals surface area (Å²) >= 11 is 0. The van der Waals surface area contributed by atoms with Crippen LogP contribution in [0.25, 0.3) is 0 Å². The second-order valence-electron chi connectivity index (χ2n) is 16.4. The summed E-state index contributed by atoms with van der Waals surface area (Å²) < 4.78 is 121. The summed E-state index contributed by atoms with van der Waals surface area (Å²) in [5.41, 5.74) is -2.38. The van der Waals surface area contributed by atoms with Crippen LogP contribution in [0.5, 0.6) is 0 Å². The molecule has 10 nitrogen and oxygen atoms in total. The lowest BCUT2D eigenvalue weighted by Gasteiger charge is -2.57. The molecule has 2 aliphatic carbocycles. The predicted molar refractivity (Wildman–Crippen MR) is 180 cm³/mol. The number of fused-ring (bicyclic) bond motifs is 4. The van der Waals surface area contributed by atoms with E-state index in [0.717, 1.165) is 12.8 Å². The van der Waals surface area contributed by atoms with Crippen molar-refractivity contribution >= 4 is 21.6 Å². The van der Waals surface area contributed by atoms with Gasteiger partial charge in [0.2, 0.25) is 35.7 Å². The first-order valence-corrected chi connectivity index (χ1v) is 21.4. The first kappa shape index (κ1) is 39.8. The first-order valence-electron chi connectivity index (χ1n) is 18.9. The van der Waals surface area contributed by atoms with Crippen molar-refractivity contribution in [2.24, 2.45) is 35.5 Å². The Morgan fingerprint density at radius 3 is 1.41 bits per heavy atom. The maximum Gasteiger partial charge on any atom is 0.449 e. The topological polar surface area (TPSA) is 92.3 Å². The molecule has 54 heavy (non-hydrogen) atoms. The molecule has 0 radical (unpaired) electrons. The number of ether oxygens (including phenoxy) is 6. The highest BCUT2D eigenvalue weighted by Crippen LogP contribution is 2.63. The second kappa shape index (κ2) is 14.4. The third-order valence-corrected chi connectivity index (χ3v) is 15.4. The Morgan fingerprint density at radius 1 is 0.611 bits per heavy atom. The first-order chi connectivity index (χ1) is 25.5. The van der Waals surface area contributed by atoms with Crippen LogP contribution < -0.4 is 0 Å². The molecule has 12 atom stereocenters. The van der Waals surface area contributed by atoms with E-state index in [1.165, 1.54) is 21.6 Å². The molecule has 0 aromatic rings. The van der Waals surface area contributed by atoms with Crippen LogP contribution in [0.1, 0.15) is 79.1 Å². The Morgan fingerprint density at radius 2 is 1.02 bits per heavy atom. The van der Waals surface area contributed by atoms with Gasteiger partial charge in [-0.25, -0.2) is 19.6 Å². The van der Waals surface area contributed by atoms with Crippen molar-refractivity contribution in [2.45, 2.75) is 127 Å². The van der Waals surface area contributed by atoms with E-state index >= 15 is 0 Å². The Balaban J connectivity index is 0.847. The molecule has 10 rings (SSSR count). The molecule has 8 fully saturated rings. The highest BCUT2D eigenvalue weighted by Gasteiger charge is 2.72. The Hall–Kier alpha value is -0.960. The van der Waals surface area contributed by atoms with Gasteiger partial charge in [-0.1, -0.05) is 35.4 Å². The predicted octanol–water partition coefficient (Wildman–Crippen LogP) is 8.53. The Bertz CT molecular complexity index is 1390. The van der Waals surface area contributed by atoms with Crippen LogP contribution in [0, 0.1) is 35.5 Å². The Kier molecular flexibility index (Phi) is 10.6. The molecular weight excluding hydrogens is 771 g/mol. The second-order valence-corrected chi connectivity index (χ2v) is 19.1. The highest BCUT2D eigenvalue weighted by atomic mass is 33.1. The van der Waals surface area contributed by atoms with Crippen molar-refractivity contribution in [3.8, 4) is 0 Å². The van der Waals surface area contributed by atoms with Gasteiger partial charge in [0.15, 0.2) is 11.2 Å². The molecule has 306 valence electrons. The zero-order valence-corrected chi connectivity index (χ0v) is 32.3. The van der Waals surface area contributed by atoms with Crippen molar-refractivity contribution in [3.63, 3.8) is 0 Å². The molecule has 0 N–H and O–H groups in total. The average Bonchev–Trinajstić information content (AvgIpc) is 3.48. The van der Waals surface area contributed by atoms with Crippen molar-refractivity contribution in [1.82, 2.24) is 0 Å². The van der Waals surface area contributed by atoms with Gasteiger partial charge in [0.1, 0.15) is 0 Å². The van der Waals surface area contributed by atoms with Gasteiger partial charge >= 0.3 is 12.4 Å². The molecule has 18 heteroatoms. The molecule has 0 aromatic carbocycles. The normalized spacial score (nSPS) is 44.3. The molecule has 2 spiro atoms. The molecule has 10 aliphatic rings. The van der Waals surface area contributed by atoms with Gasteiger partial charge in [-0.05, 0) is 64.2 Å². The van der Waals surface area contributed by atoms with Crippen LogP contribution in [0.3, 0.4) is 0 Å². The van der Waals surface area contributed by atoms with Crippen molar-refractivity contribution in [2.75, 3.05) is 37.9 Å². The van der Waals surface area contributed by atoms with E-state index < -0.39 is 71.1 Å². The van der Waals surface area contributed by atoms with Crippen LogP contribution in [-0.2, 0) is 48.0 Å². The smallest absolute Gasteiger partial charge is 0.449 e. The lowest BCUT2D eigenvalue weighted by atomic mass is 9.59. The van der Waals surface area contributed by atoms with Gasteiger partial charge in [-0.3, -0.25) is 0 Å². The lowest BCUT2D eigenvalue weighted by Crippen LogP contribution is -2.67. The minimum absolute atomic E-state index is 0.0119. The van der Waals surface area contributed by atoms with Gasteiger partial charge in [-0.2, -0.15) is 26.3 Å². The fourth-order valence-corrected chi connectivity index (χ4v) is 12.2. The van der Waals surface area contributed by atoms with E-state index in [-0.39, 0.29) is 61.2 Å². The van der Waals surface area contributed by atoms with Gasteiger partial charge in [0.25, 0.3) is 0 Å². The Labute approximate surface area is 318 Å². The SMILES string of the molecule is C[C@@H]1CC[C@H]2C(COCCSSCCOCC3=C(C(F)(F)F)O[C@@H]4O[C@]5(C)CCC6[C@H](C)CC[C@@H]3[C@]64OO5)=C(C(F)(F)F)O[C@@H]3O[C@@]4(C)CCC1[C@]32OO4. The summed E-state index contributed by atoms with van der Waals surface area (Å²) in [4.78, 5) is 23.4. The minimum Gasteiger partial charge on any atom is -0.456 e. The van der Waals surface area contributed by atoms with Crippen molar-refractivity contribution < 1.29 is 74.3 Å². The summed E-state index contributed by atoms with van der Waals surface area (Å²) in [5, 5.41) is 0. The number of hydrogen-bond acceptors (Lipinski definition) is 12. The molecule has 2 saturated carbocycles. The zero-order chi connectivity index (χ0) is 38.3. The standard InChI is InChI=1S/C36H48F6O10S2/c1-19-5-7-25-21(27(35(37,38)39)45-29-33(25)23(19)9-11-31(3,47-29)49-51-33)17-43-13-15-53-54-16-14-44-18-22-26-8-6-20(2)24-10-12-32(4)48-30(34(24,26)52-50-32)46-28(22)36(40,41)42/h19-20,23-26,29-30H,5-18H2,1-4H3/t19-,20-,23?,24?,25+,26+,29-,30-,31-,32+,33-,34-/m1/s1. The number of hydrogen-bond donors (Lipinski definition) is 0. The maximum absolute atomic E-state index is 14.4. The van der Waals surface area contributed by atoms with Crippen molar-refractivity contribution in [3.05, 3.63) is 22.7 Å². The van der Waals surface area contributed by atoms with Crippen LogP contribution in [0.2, 0.25) is 0 Å².